The number of primary amides is 1. The van der Waals surface area contributed by atoms with Crippen molar-refractivity contribution in [1.82, 2.24) is 0 Å². The van der Waals surface area contributed by atoms with Gasteiger partial charge in [0.1, 0.15) is 6.04 Å². The summed E-state index contributed by atoms with van der Waals surface area (Å²) in [6.45, 7) is 2.52. The number of carbonyl (C=O) groups excluding carboxylic acids is 1. The lowest BCUT2D eigenvalue weighted by atomic mass is 10.0. The molecule has 0 saturated heterocycles. The van der Waals surface area contributed by atoms with Gasteiger partial charge in [0.2, 0.25) is 5.91 Å². The minimum Gasteiger partial charge on any atom is -0.380 e. The lowest BCUT2D eigenvalue weighted by molar-refractivity contribution is -0.118. The molecule has 0 spiro atoms. The highest BCUT2D eigenvalue weighted by Crippen LogP contribution is 2.21. The van der Waals surface area contributed by atoms with Gasteiger partial charge in [-0.1, -0.05) is 42.0 Å². The normalized spacial score (nSPS) is 11.9. The number of ether oxygens (including phenoxy) is 1. The summed E-state index contributed by atoms with van der Waals surface area (Å²) in [5.74, 6) is -0.412. The third-order valence-corrected chi connectivity index (χ3v) is 3.24. The van der Waals surface area contributed by atoms with Gasteiger partial charge in [0, 0.05) is 12.8 Å². The Morgan fingerprint density at radius 3 is 2.57 bits per heavy atom. The van der Waals surface area contributed by atoms with E-state index in [-0.39, 0.29) is 0 Å². The van der Waals surface area contributed by atoms with Gasteiger partial charge in [0.25, 0.3) is 0 Å². The van der Waals surface area contributed by atoms with E-state index in [1.165, 1.54) is 5.56 Å². The quantitative estimate of drug-likeness (QED) is 0.857. The summed E-state index contributed by atoms with van der Waals surface area (Å²) < 4.78 is 5.12. The maximum atomic E-state index is 11.8. The van der Waals surface area contributed by atoms with Crippen molar-refractivity contribution in [3.63, 3.8) is 0 Å². The van der Waals surface area contributed by atoms with Crippen LogP contribution in [0.1, 0.15) is 22.7 Å². The Morgan fingerprint density at radius 2 is 1.95 bits per heavy atom. The van der Waals surface area contributed by atoms with Gasteiger partial charge in [-0.15, -0.1) is 0 Å². The monoisotopic (exact) mass is 284 g/mol. The zero-order valence-electron chi connectivity index (χ0n) is 12.3. The molecule has 2 aromatic carbocycles. The van der Waals surface area contributed by atoms with E-state index >= 15 is 0 Å². The predicted molar refractivity (Wildman–Crippen MR) is 83.9 cm³/mol. The van der Waals surface area contributed by atoms with Crippen molar-refractivity contribution in [1.29, 1.82) is 0 Å². The third kappa shape index (κ3) is 4.07. The standard InChI is InChI=1S/C17H20N2O2/c1-12-6-8-15(9-7-12)19-16(17(18)20)14-5-3-4-13(10-14)11-21-2/h3-10,16,19H,11H2,1-2H3,(H2,18,20). The Kier molecular flexibility index (Phi) is 4.95. The summed E-state index contributed by atoms with van der Waals surface area (Å²) >= 11 is 0. The fourth-order valence-electron chi connectivity index (χ4n) is 2.16. The van der Waals surface area contributed by atoms with Gasteiger partial charge in [0.05, 0.1) is 6.61 Å². The molecule has 0 radical (unpaired) electrons. The highest BCUT2D eigenvalue weighted by Gasteiger charge is 2.17. The Hall–Kier alpha value is -2.33. The van der Waals surface area contributed by atoms with Crippen LogP contribution in [0.25, 0.3) is 0 Å². The summed E-state index contributed by atoms with van der Waals surface area (Å²) in [6, 6.07) is 14.9. The van der Waals surface area contributed by atoms with Crippen LogP contribution in [0.15, 0.2) is 48.5 Å². The molecule has 1 atom stereocenters. The molecule has 0 saturated carbocycles. The van der Waals surface area contributed by atoms with E-state index in [1.807, 2.05) is 55.5 Å². The molecule has 2 rings (SSSR count). The van der Waals surface area contributed by atoms with Crippen LogP contribution in [0.2, 0.25) is 0 Å². The summed E-state index contributed by atoms with van der Waals surface area (Å²) in [5, 5.41) is 3.18. The number of nitrogens with two attached hydrogens (primary N) is 1. The first-order chi connectivity index (χ1) is 10.1. The van der Waals surface area contributed by atoms with E-state index in [2.05, 4.69) is 5.32 Å². The van der Waals surface area contributed by atoms with Crippen molar-refractivity contribution >= 4 is 11.6 Å². The molecule has 3 N–H and O–H groups in total. The number of methoxy groups -OCH3 is 1. The Labute approximate surface area is 124 Å². The van der Waals surface area contributed by atoms with Gasteiger partial charge < -0.3 is 15.8 Å². The third-order valence-electron chi connectivity index (χ3n) is 3.24. The molecule has 4 nitrogen and oxygen atoms in total. The molecule has 0 heterocycles. The zero-order chi connectivity index (χ0) is 15.2. The van der Waals surface area contributed by atoms with Crippen molar-refractivity contribution in [3.05, 3.63) is 65.2 Å². The van der Waals surface area contributed by atoms with Crippen molar-refractivity contribution in [2.75, 3.05) is 12.4 Å². The Morgan fingerprint density at radius 1 is 1.24 bits per heavy atom. The lowest BCUT2D eigenvalue weighted by Crippen LogP contribution is -2.27. The molecule has 110 valence electrons. The van der Waals surface area contributed by atoms with E-state index < -0.39 is 11.9 Å². The number of benzene rings is 2. The first-order valence-corrected chi connectivity index (χ1v) is 6.80. The van der Waals surface area contributed by atoms with Crippen molar-refractivity contribution < 1.29 is 9.53 Å². The van der Waals surface area contributed by atoms with E-state index in [9.17, 15) is 4.79 Å². The SMILES string of the molecule is COCc1cccc(C(Nc2ccc(C)cc2)C(N)=O)c1. The molecule has 21 heavy (non-hydrogen) atoms. The summed E-state index contributed by atoms with van der Waals surface area (Å²) in [4.78, 5) is 11.8. The van der Waals surface area contributed by atoms with Crippen LogP contribution in [0.5, 0.6) is 0 Å². The maximum absolute atomic E-state index is 11.8. The van der Waals surface area contributed by atoms with Crippen LogP contribution in [0.3, 0.4) is 0 Å². The Balaban J connectivity index is 2.24. The number of hydrogen-bond acceptors (Lipinski definition) is 3. The minimum absolute atomic E-state index is 0.412. The van der Waals surface area contributed by atoms with Crippen molar-refractivity contribution in [2.45, 2.75) is 19.6 Å². The maximum Gasteiger partial charge on any atom is 0.244 e. The van der Waals surface area contributed by atoms with E-state index in [1.54, 1.807) is 7.11 Å². The molecule has 1 amide bonds. The van der Waals surface area contributed by atoms with Crippen LogP contribution in [-0.2, 0) is 16.1 Å². The first-order valence-electron chi connectivity index (χ1n) is 6.80. The highest BCUT2D eigenvalue weighted by molar-refractivity contribution is 5.84. The molecule has 0 aliphatic heterocycles. The fourth-order valence-corrected chi connectivity index (χ4v) is 2.16. The second-order valence-electron chi connectivity index (χ2n) is 5.02. The molecule has 0 aliphatic rings. The summed E-state index contributed by atoms with van der Waals surface area (Å²) in [5.41, 5.74) is 9.40. The topological polar surface area (TPSA) is 64.3 Å². The van der Waals surface area contributed by atoms with E-state index in [0.717, 1.165) is 16.8 Å². The van der Waals surface area contributed by atoms with Crippen LogP contribution < -0.4 is 11.1 Å². The zero-order valence-corrected chi connectivity index (χ0v) is 12.3. The Bertz CT molecular complexity index is 608. The van der Waals surface area contributed by atoms with E-state index in [4.69, 9.17) is 10.5 Å². The van der Waals surface area contributed by atoms with Crippen molar-refractivity contribution in [3.8, 4) is 0 Å². The second kappa shape index (κ2) is 6.90. The second-order valence-corrected chi connectivity index (χ2v) is 5.02. The van der Waals surface area contributed by atoms with Gasteiger partial charge in [-0.05, 0) is 30.2 Å². The largest absolute Gasteiger partial charge is 0.380 e. The molecular formula is C17H20N2O2. The average Bonchev–Trinajstić information content (AvgIpc) is 2.47. The molecule has 0 aliphatic carbocycles. The van der Waals surface area contributed by atoms with Crippen molar-refractivity contribution in [2.24, 2.45) is 5.73 Å². The number of anilines is 1. The summed E-state index contributed by atoms with van der Waals surface area (Å²) in [6.07, 6.45) is 0. The van der Waals surface area contributed by atoms with Crippen LogP contribution >= 0.6 is 0 Å². The van der Waals surface area contributed by atoms with Gasteiger partial charge in [-0.25, -0.2) is 0 Å². The van der Waals surface area contributed by atoms with Gasteiger partial charge in [0.15, 0.2) is 0 Å². The number of amides is 1. The highest BCUT2D eigenvalue weighted by atomic mass is 16.5. The predicted octanol–water partition coefficient (Wildman–Crippen LogP) is 2.78. The summed E-state index contributed by atoms with van der Waals surface area (Å²) in [7, 11) is 1.64. The van der Waals surface area contributed by atoms with Gasteiger partial charge in [-0.2, -0.15) is 0 Å². The molecule has 0 aromatic heterocycles. The lowest BCUT2D eigenvalue weighted by Gasteiger charge is -2.18. The smallest absolute Gasteiger partial charge is 0.244 e. The molecule has 0 bridgehead atoms. The number of nitrogens with one attached hydrogen (secondary N) is 1. The van der Waals surface area contributed by atoms with Crippen LogP contribution in [0.4, 0.5) is 5.69 Å². The first kappa shape index (κ1) is 15.1. The minimum atomic E-state index is -0.565. The number of aryl methyl sites for hydroxylation is 1. The van der Waals surface area contributed by atoms with Gasteiger partial charge >= 0.3 is 0 Å². The molecule has 4 heteroatoms. The van der Waals surface area contributed by atoms with Crippen LogP contribution in [0, 0.1) is 6.92 Å². The molecular weight excluding hydrogens is 264 g/mol. The number of hydrogen-bond donors (Lipinski definition) is 2. The molecule has 0 fully saturated rings. The average molecular weight is 284 g/mol. The number of rotatable bonds is 6. The molecule has 2 aromatic rings. The van der Waals surface area contributed by atoms with E-state index in [0.29, 0.717) is 6.61 Å². The number of carbonyl (C=O) groups is 1. The van der Waals surface area contributed by atoms with Crippen LogP contribution in [-0.4, -0.2) is 13.0 Å². The van der Waals surface area contributed by atoms with Gasteiger partial charge in [-0.3, -0.25) is 4.79 Å². The molecule has 1 unspecified atom stereocenters. The fraction of sp³-hybridized carbons (Fsp3) is 0.235.